The second kappa shape index (κ2) is 10.2. The molecule has 0 radical (unpaired) electrons. The fourth-order valence-electron chi connectivity index (χ4n) is 2.00. The molecule has 0 saturated heterocycles. The number of para-hydroxylation sites is 1. The van der Waals surface area contributed by atoms with Crippen LogP contribution in [0.1, 0.15) is 38.2 Å². The van der Waals surface area contributed by atoms with Gasteiger partial charge >= 0.3 is 5.97 Å². The Hall–Kier alpha value is -1.62. The van der Waals surface area contributed by atoms with Crippen LogP contribution < -0.4 is 10.1 Å². The van der Waals surface area contributed by atoms with Crippen molar-refractivity contribution < 1.29 is 18.7 Å². The molecule has 1 aromatic rings. The molecule has 118 valence electrons. The second-order valence-electron chi connectivity index (χ2n) is 4.72. The van der Waals surface area contributed by atoms with E-state index >= 15 is 0 Å². The number of carbonyl (C=O) groups excluding carboxylic acids is 1. The highest BCUT2D eigenvalue weighted by atomic mass is 19.1. The average molecular weight is 297 g/mol. The topological polar surface area (TPSA) is 47.6 Å². The summed E-state index contributed by atoms with van der Waals surface area (Å²) < 4.78 is 24.1. The molecule has 0 heterocycles. The maximum atomic E-state index is 13.7. The van der Waals surface area contributed by atoms with Gasteiger partial charge in [0, 0.05) is 18.5 Å². The number of hydrogen-bond acceptors (Lipinski definition) is 4. The molecule has 0 fully saturated rings. The van der Waals surface area contributed by atoms with Gasteiger partial charge in [-0.3, -0.25) is 4.79 Å². The number of rotatable bonds is 10. The van der Waals surface area contributed by atoms with Crippen molar-refractivity contribution in [2.75, 3.05) is 20.3 Å². The fourth-order valence-corrected chi connectivity index (χ4v) is 2.00. The minimum atomic E-state index is -0.339. The molecule has 0 aliphatic heterocycles. The lowest BCUT2D eigenvalue weighted by molar-refractivity contribution is -0.143. The van der Waals surface area contributed by atoms with Gasteiger partial charge in [0.2, 0.25) is 0 Å². The van der Waals surface area contributed by atoms with Gasteiger partial charge in [-0.1, -0.05) is 12.1 Å². The minimum Gasteiger partial charge on any atom is -0.490 e. The Balaban J connectivity index is 2.28. The summed E-state index contributed by atoms with van der Waals surface area (Å²) in [7, 11) is 1.81. The van der Waals surface area contributed by atoms with Crippen LogP contribution in [0.4, 0.5) is 4.39 Å². The number of ether oxygens (including phenoxy) is 2. The lowest BCUT2D eigenvalue weighted by Gasteiger charge is -2.12. The van der Waals surface area contributed by atoms with Crippen molar-refractivity contribution in [2.24, 2.45) is 0 Å². The maximum Gasteiger partial charge on any atom is 0.305 e. The smallest absolute Gasteiger partial charge is 0.305 e. The first-order valence-corrected chi connectivity index (χ1v) is 7.39. The molecule has 0 bridgehead atoms. The van der Waals surface area contributed by atoms with E-state index < -0.39 is 0 Å². The predicted octanol–water partition coefficient (Wildman–Crippen LogP) is 3.05. The summed E-state index contributed by atoms with van der Waals surface area (Å²) in [6, 6.07) is 4.92. The van der Waals surface area contributed by atoms with E-state index in [1.54, 1.807) is 13.0 Å². The van der Waals surface area contributed by atoms with Gasteiger partial charge in [-0.05, 0) is 39.3 Å². The van der Waals surface area contributed by atoms with Gasteiger partial charge in [-0.25, -0.2) is 4.39 Å². The molecular weight excluding hydrogens is 273 g/mol. The van der Waals surface area contributed by atoms with Crippen molar-refractivity contribution in [3.8, 4) is 5.75 Å². The fraction of sp³-hybridized carbons (Fsp3) is 0.562. The Kier molecular flexibility index (Phi) is 8.43. The van der Waals surface area contributed by atoms with Gasteiger partial charge in [-0.2, -0.15) is 0 Å². The standard InChI is InChI=1S/C16H24FNO3/c1-3-20-15(19)10-5-4-6-11-21-16-13(12-18-2)8-7-9-14(16)17/h7-9,18H,3-6,10-12H2,1-2H3. The predicted molar refractivity (Wildman–Crippen MR) is 79.8 cm³/mol. The number of unbranched alkanes of at least 4 members (excludes halogenated alkanes) is 2. The Morgan fingerprint density at radius 2 is 2.10 bits per heavy atom. The van der Waals surface area contributed by atoms with E-state index in [0.29, 0.717) is 31.9 Å². The molecule has 0 spiro atoms. The van der Waals surface area contributed by atoms with Crippen molar-refractivity contribution >= 4 is 5.97 Å². The van der Waals surface area contributed by atoms with Gasteiger partial charge in [0.15, 0.2) is 11.6 Å². The first-order valence-electron chi connectivity index (χ1n) is 7.39. The maximum absolute atomic E-state index is 13.7. The molecule has 0 saturated carbocycles. The van der Waals surface area contributed by atoms with Gasteiger partial charge < -0.3 is 14.8 Å². The number of nitrogens with one attached hydrogen (secondary N) is 1. The van der Waals surface area contributed by atoms with Gasteiger partial charge in [0.05, 0.1) is 13.2 Å². The third kappa shape index (κ3) is 6.58. The number of esters is 1. The van der Waals surface area contributed by atoms with Crippen LogP contribution >= 0.6 is 0 Å². The summed E-state index contributed by atoms with van der Waals surface area (Å²) in [6.07, 6.45) is 2.84. The molecule has 0 aliphatic rings. The van der Waals surface area contributed by atoms with E-state index in [0.717, 1.165) is 24.8 Å². The van der Waals surface area contributed by atoms with Crippen molar-refractivity contribution in [1.82, 2.24) is 5.32 Å². The molecule has 1 rings (SSSR count). The zero-order valence-corrected chi connectivity index (χ0v) is 12.8. The molecule has 0 amide bonds. The molecule has 1 N–H and O–H groups in total. The van der Waals surface area contributed by atoms with Crippen molar-refractivity contribution in [1.29, 1.82) is 0 Å². The van der Waals surface area contributed by atoms with Crippen LogP contribution in [0, 0.1) is 5.82 Å². The average Bonchev–Trinajstić information content (AvgIpc) is 2.45. The molecule has 4 nitrogen and oxygen atoms in total. The lowest BCUT2D eigenvalue weighted by atomic mass is 10.2. The molecule has 0 atom stereocenters. The van der Waals surface area contributed by atoms with E-state index in [1.165, 1.54) is 6.07 Å². The Morgan fingerprint density at radius 3 is 2.81 bits per heavy atom. The van der Waals surface area contributed by atoms with E-state index in [9.17, 15) is 9.18 Å². The molecule has 1 aromatic carbocycles. The van der Waals surface area contributed by atoms with Crippen LogP contribution in [-0.4, -0.2) is 26.2 Å². The molecule has 21 heavy (non-hydrogen) atoms. The highest BCUT2D eigenvalue weighted by Crippen LogP contribution is 2.22. The van der Waals surface area contributed by atoms with E-state index in [1.807, 2.05) is 13.1 Å². The third-order valence-electron chi connectivity index (χ3n) is 2.99. The lowest BCUT2D eigenvalue weighted by Crippen LogP contribution is -2.09. The van der Waals surface area contributed by atoms with Gasteiger partial charge in [0.25, 0.3) is 0 Å². The van der Waals surface area contributed by atoms with E-state index in [-0.39, 0.29) is 11.8 Å². The first kappa shape index (κ1) is 17.4. The summed E-state index contributed by atoms with van der Waals surface area (Å²) in [5, 5.41) is 2.99. The summed E-state index contributed by atoms with van der Waals surface area (Å²) in [6.45, 7) is 3.22. The Labute approximate surface area is 125 Å². The summed E-state index contributed by atoms with van der Waals surface area (Å²) in [4.78, 5) is 11.1. The summed E-state index contributed by atoms with van der Waals surface area (Å²) in [5.74, 6) is -0.185. The molecule has 0 aromatic heterocycles. The molecular formula is C16H24FNO3. The van der Waals surface area contributed by atoms with E-state index in [2.05, 4.69) is 5.32 Å². The van der Waals surface area contributed by atoms with E-state index in [4.69, 9.17) is 9.47 Å². The Morgan fingerprint density at radius 1 is 1.29 bits per heavy atom. The SMILES string of the molecule is CCOC(=O)CCCCCOc1c(F)cccc1CNC. The highest BCUT2D eigenvalue weighted by Gasteiger charge is 2.09. The number of carbonyl (C=O) groups is 1. The third-order valence-corrected chi connectivity index (χ3v) is 2.99. The van der Waals surface area contributed by atoms with Gasteiger partial charge in [0.1, 0.15) is 0 Å². The molecule has 0 aliphatic carbocycles. The Bertz CT molecular complexity index is 438. The monoisotopic (exact) mass is 297 g/mol. The van der Waals surface area contributed by atoms with Crippen LogP contribution in [0.3, 0.4) is 0 Å². The van der Waals surface area contributed by atoms with Crippen molar-refractivity contribution in [2.45, 2.75) is 39.2 Å². The van der Waals surface area contributed by atoms with Crippen molar-refractivity contribution in [3.63, 3.8) is 0 Å². The first-order chi connectivity index (χ1) is 10.2. The summed E-state index contributed by atoms with van der Waals surface area (Å²) in [5.41, 5.74) is 0.809. The number of hydrogen-bond donors (Lipinski definition) is 1. The second-order valence-corrected chi connectivity index (χ2v) is 4.72. The van der Waals surface area contributed by atoms with Crippen molar-refractivity contribution in [3.05, 3.63) is 29.6 Å². The zero-order chi connectivity index (χ0) is 15.5. The van der Waals surface area contributed by atoms with Crippen LogP contribution in [0.5, 0.6) is 5.75 Å². The largest absolute Gasteiger partial charge is 0.490 e. The molecule has 0 unspecified atom stereocenters. The number of halogens is 1. The molecule has 5 heteroatoms. The highest BCUT2D eigenvalue weighted by molar-refractivity contribution is 5.69. The minimum absolute atomic E-state index is 0.163. The zero-order valence-electron chi connectivity index (χ0n) is 12.8. The van der Waals surface area contributed by atoms with Crippen LogP contribution in [0.15, 0.2) is 18.2 Å². The van der Waals surface area contributed by atoms with Gasteiger partial charge in [-0.15, -0.1) is 0 Å². The van der Waals surface area contributed by atoms with Crippen LogP contribution in [-0.2, 0) is 16.1 Å². The quantitative estimate of drug-likeness (QED) is 0.532. The normalized spacial score (nSPS) is 10.4. The van der Waals surface area contributed by atoms with Crippen LogP contribution in [0.25, 0.3) is 0 Å². The summed E-state index contributed by atoms with van der Waals surface area (Å²) >= 11 is 0. The number of benzene rings is 1. The van der Waals surface area contributed by atoms with Crippen LogP contribution in [0.2, 0.25) is 0 Å².